The maximum absolute atomic E-state index is 4.73. The van der Waals surface area contributed by atoms with Crippen LogP contribution in [0.3, 0.4) is 0 Å². The highest BCUT2D eigenvalue weighted by Crippen LogP contribution is 1.90. The first-order valence-electron chi connectivity index (χ1n) is 2.19. The van der Waals surface area contributed by atoms with E-state index in [-0.39, 0.29) is 0 Å². The summed E-state index contributed by atoms with van der Waals surface area (Å²) in [6.45, 7) is 0.441. The summed E-state index contributed by atoms with van der Waals surface area (Å²) in [5.41, 5.74) is 2.50. The van der Waals surface area contributed by atoms with Gasteiger partial charge in [0.25, 0.3) is 0 Å². The van der Waals surface area contributed by atoms with E-state index in [1.54, 1.807) is 12.1 Å². The fourth-order valence-corrected chi connectivity index (χ4v) is 0.399. The van der Waals surface area contributed by atoms with E-state index in [1.165, 1.54) is 6.26 Å². The van der Waals surface area contributed by atoms with Crippen molar-refractivity contribution < 1.29 is 9.57 Å². The zero-order chi connectivity index (χ0) is 5.82. The van der Waals surface area contributed by atoms with Crippen molar-refractivity contribution in [3.63, 3.8) is 0 Å². The van der Waals surface area contributed by atoms with Crippen LogP contribution in [-0.2, 0) is 9.57 Å². The van der Waals surface area contributed by atoms with E-state index in [0.29, 0.717) is 6.73 Å². The molecular formula is C4H7N2O2. The summed E-state index contributed by atoms with van der Waals surface area (Å²) in [4.78, 5) is 4.57. The Morgan fingerprint density at radius 2 is 2.88 bits per heavy atom. The van der Waals surface area contributed by atoms with Crippen molar-refractivity contribution in [2.75, 3.05) is 13.8 Å². The van der Waals surface area contributed by atoms with Gasteiger partial charge in [-0.15, -0.1) is 0 Å². The topological polar surface area (TPSA) is 33.7 Å². The van der Waals surface area contributed by atoms with E-state index >= 15 is 0 Å². The average Bonchev–Trinajstić information content (AvgIpc) is 2.19. The lowest BCUT2D eigenvalue weighted by atomic mass is 10.9. The van der Waals surface area contributed by atoms with E-state index < -0.39 is 0 Å². The van der Waals surface area contributed by atoms with E-state index in [9.17, 15) is 0 Å². The molecule has 0 saturated carbocycles. The quantitative estimate of drug-likeness (QED) is 0.531. The average molecular weight is 115 g/mol. The molecule has 0 aromatic heterocycles. The van der Waals surface area contributed by atoms with Crippen molar-refractivity contribution >= 4 is 0 Å². The van der Waals surface area contributed by atoms with E-state index in [1.807, 2.05) is 0 Å². The summed E-state index contributed by atoms with van der Waals surface area (Å²) < 4.78 is 4.73. The van der Waals surface area contributed by atoms with Crippen LogP contribution in [-0.4, -0.2) is 18.8 Å². The second kappa shape index (κ2) is 2.54. The van der Waals surface area contributed by atoms with Gasteiger partial charge in [0.1, 0.15) is 19.2 Å². The summed E-state index contributed by atoms with van der Waals surface area (Å²) in [5, 5.41) is 1.54. The fraction of sp³-hybridized carbons (Fsp3) is 0.500. The zero-order valence-electron chi connectivity index (χ0n) is 4.55. The number of nitrogens with one attached hydrogen (secondary N) is 1. The molecule has 4 nitrogen and oxygen atoms in total. The van der Waals surface area contributed by atoms with Gasteiger partial charge in [-0.25, -0.2) is 5.01 Å². The summed E-state index contributed by atoms with van der Waals surface area (Å²) in [5.74, 6) is 0. The minimum absolute atomic E-state index is 0.441. The van der Waals surface area contributed by atoms with Gasteiger partial charge >= 0.3 is 0 Å². The lowest BCUT2D eigenvalue weighted by Crippen LogP contribution is -2.29. The molecule has 1 radical (unpaired) electrons. The van der Waals surface area contributed by atoms with Gasteiger partial charge in [0.2, 0.25) is 0 Å². The summed E-state index contributed by atoms with van der Waals surface area (Å²) in [7, 11) is 1.60. The highest BCUT2D eigenvalue weighted by molar-refractivity contribution is 4.63. The van der Waals surface area contributed by atoms with Gasteiger partial charge in [0.15, 0.2) is 0 Å². The van der Waals surface area contributed by atoms with Gasteiger partial charge in [-0.2, -0.15) is 0 Å². The molecule has 0 aromatic rings. The first-order chi connectivity index (χ1) is 3.93. The molecular weight excluding hydrogens is 108 g/mol. The molecule has 1 N–H and O–H groups in total. The van der Waals surface area contributed by atoms with Crippen molar-refractivity contribution in [2.24, 2.45) is 0 Å². The van der Waals surface area contributed by atoms with E-state index in [0.717, 1.165) is 0 Å². The molecule has 1 rings (SSSR count). The molecule has 0 saturated heterocycles. The largest absolute Gasteiger partial charge is 0.394 e. The first kappa shape index (κ1) is 5.40. The molecule has 0 aromatic carbocycles. The SMILES string of the molecule is COCN1[C]=CON1. The van der Waals surface area contributed by atoms with Crippen LogP contribution >= 0.6 is 0 Å². The number of hydrazine groups is 1. The van der Waals surface area contributed by atoms with E-state index in [4.69, 9.17) is 4.74 Å². The Morgan fingerprint density at radius 3 is 3.38 bits per heavy atom. The maximum Gasteiger partial charge on any atom is 0.140 e. The minimum Gasteiger partial charge on any atom is -0.394 e. The Labute approximate surface area is 47.6 Å². The van der Waals surface area contributed by atoms with E-state index in [2.05, 4.69) is 16.6 Å². The molecule has 1 aliphatic heterocycles. The molecule has 0 spiro atoms. The Balaban J connectivity index is 2.16. The fourth-order valence-electron chi connectivity index (χ4n) is 0.399. The summed E-state index contributed by atoms with van der Waals surface area (Å²) in [6, 6.07) is 0. The lowest BCUT2D eigenvalue weighted by molar-refractivity contribution is -0.0303. The molecule has 0 amide bonds. The van der Waals surface area contributed by atoms with Crippen molar-refractivity contribution in [1.82, 2.24) is 10.6 Å². The highest BCUT2D eigenvalue weighted by Gasteiger charge is 2.01. The van der Waals surface area contributed by atoms with Crippen LogP contribution in [0.5, 0.6) is 0 Å². The predicted octanol–water partition coefficient (Wildman–Crippen LogP) is -0.384. The molecule has 0 atom stereocenters. The highest BCUT2D eigenvalue weighted by atomic mass is 16.7. The number of methoxy groups -OCH3 is 1. The van der Waals surface area contributed by atoms with Crippen LogP contribution < -0.4 is 5.59 Å². The van der Waals surface area contributed by atoms with Crippen molar-refractivity contribution in [3.8, 4) is 0 Å². The number of ether oxygens (including phenoxy) is 1. The molecule has 0 aliphatic carbocycles. The smallest absolute Gasteiger partial charge is 0.140 e. The number of rotatable bonds is 2. The second-order valence-electron chi connectivity index (χ2n) is 1.30. The Bertz CT molecular complexity index is 94.0. The van der Waals surface area contributed by atoms with Gasteiger partial charge in [0, 0.05) is 7.11 Å². The van der Waals surface area contributed by atoms with Crippen LogP contribution in [0.25, 0.3) is 0 Å². The number of hydrogen-bond acceptors (Lipinski definition) is 4. The Morgan fingerprint density at radius 1 is 2.00 bits per heavy atom. The third kappa shape index (κ3) is 1.11. The van der Waals surface area contributed by atoms with Crippen molar-refractivity contribution in [1.29, 1.82) is 0 Å². The second-order valence-corrected chi connectivity index (χ2v) is 1.30. The molecule has 1 heterocycles. The molecule has 0 unspecified atom stereocenters. The van der Waals surface area contributed by atoms with Crippen molar-refractivity contribution in [2.45, 2.75) is 0 Å². The van der Waals surface area contributed by atoms with Crippen LogP contribution in [0.15, 0.2) is 6.26 Å². The zero-order valence-corrected chi connectivity index (χ0v) is 4.55. The van der Waals surface area contributed by atoms with Crippen LogP contribution in [0, 0.1) is 6.20 Å². The van der Waals surface area contributed by atoms with Gasteiger partial charge in [-0.1, -0.05) is 5.59 Å². The van der Waals surface area contributed by atoms with Gasteiger partial charge < -0.3 is 9.57 Å². The Hall–Kier alpha value is -0.740. The van der Waals surface area contributed by atoms with Crippen LogP contribution in [0.2, 0.25) is 0 Å². The molecule has 0 fully saturated rings. The summed E-state index contributed by atoms with van der Waals surface area (Å²) in [6.07, 6.45) is 4.12. The maximum atomic E-state index is 4.73. The van der Waals surface area contributed by atoms with Gasteiger partial charge in [0.05, 0.1) is 0 Å². The third-order valence-electron chi connectivity index (χ3n) is 0.689. The van der Waals surface area contributed by atoms with Crippen LogP contribution in [0.4, 0.5) is 0 Å². The molecule has 8 heavy (non-hydrogen) atoms. The number of nitrogens with zero attached hydrogens (tertiary/aromatic N) is 1. The first-order valence-corrected chi connectivity index (χ1v) is 2.19. The van der Waals surface area contributed by atoms with Gasteiger partial charge in [-0.3, -0.25) is 0 Å². The Kier molecular flexibility index (Phi) is 1.71. The lowest BCUT2D eigenvalue weighted by Gasteiger charge is -2.09. The monoisotopic (exact) mass is 115 g/mol. The number of hydrogen-bond donors (Lipinski definition) is 1. The normalized spacial score (nSPS) is 16.9. The molecule has 1 aliphatic rings. The van der Waals surface area contributed by atoms with Crippen molar-refractivity contribution in [3.05, 3.63) is 12.5 Å². The summed E-state index contributed by atoms with van der Waals surface area (Å²) >= 11 is 0. The van der Waals surface area contributed by atoms with Gasteiger partial charge in [-0.05, 0) is 0 Å². The minimum atomic E-state index is 0.441. The molecule has 4 heteroatoms. The molecule has 45 valence electrons. The van der Waals surface area contributed by atoms with Crippen LogP contribution in [0.1, 0.15) is 0 Å². The molecule has 0 bridgehead atoms. The standard InChI is InChI=1S/C4H7N2O2/c1-7-4-6-2-3-8-5-6/h3,5H,4H2,1H3. The third-order valence-corrected chi connectivity index (χ3v) is 0.689. The predicted molar refractivity (Wildman–Crippen MR) is 25.7 cm³/mol.